The summed E-state index contributed by atoms with van der Waals surface area (Å²) in [6.07, 6.45) is 3.29. The molecule has 0 bridgehead atoms. The number of hydrogen-bond donors (Lipinski definition) is 1. The Bertz CT molecular complexity index is 766. The third-order valence-electron chi connectivity index (χ3n) is 3.95. The molecular formula is C18H24ClN3O. The molecule has 0 aliphatic carbocycles. The monoisotopic (exact) mass is 333 g/mol. The van der Waals surface area contributed by atoms with Crippen molar-refractivity contribution in [3.05, 3.63) is 40.6 Å². The number of rotatable bonds is 4. The highest BCUT2D eigenvalue weighted by atomic mass is 35.5. The second kappa shape index (κ2) is 6.75. The van der Waals surface area contributed by atoms with Crippen LogP contribution in [0.5, 0.6) is 0 Å². The lowest BCUT2D eigenvalue weighted by atomic mass is 9.86. The van der Waals surface area contributed by atoms with Gasteiger partial charge in [-0.2, -0.15) is 4.80 Å². The number of aromatic nitrogens is 3. The van der Waals surface area contributed by atoms with E-state index in [1.807, 2.05) is 19.1 Å². The van der Waals surface area contributed by atoms with E-state index in [0.29, 0.717) is 17.2 Å². The first kappa shape index (κ1) is 17.5. The van der Waals surface area contributed by atoms with Crippen LogP contribution >= 0.6 is 11.6 Å². The molecule has 0 fully saturated rings. The molecule has 0 radical (unpaired) electrons. The van der Waals surface area contributed by atoms with Crippen LogP contribution in [0.2, 0.25) is 5.02 Å². The van der Waals surface area contributed by atoms with Gasteiger partial charge in [0.15, 0.2) is 0 Å². The zero-order valence-electron chi connectivity index (χ0n) is 14.4. The Morgan fingerprint density at radius 3 is 2.52 bits per heavy atom. The maximum absolute atomic E-state index is 10.5. The number of halogens is 1. The second-order valence-corrected chi connectivity index (χ2v) is 7.16. The van der Waals surface area contributed by atoms with Gasteiger partial charge in [-0.1, -0.05) is 45.4 Å². The average molecular weight is 334 g/mol. The predicted octanol–water partition coefficient (Wildman–Crippen LogP) is 5.60. The fourth-order valence-electron chi connectivity index (χ4n) is 2.21. The normalized spacial score (nSPS) is 14.3. The lowest BCUT2D eigenvalue weighted by Crippen LogP contribution is -2.11. The molecule has 1 aromatic carbocycles. The number of aliphatic hydroxyl groups is 1. The highest BCUT2D eigenvalue weighted by Gasteiger charge is 2.18. The first-order chi connectivity index (χ1) is 10.7. The number of aliphatic hydroxyl groups excluding tert-OH is 1. The first-order valence-electron chi connectivity index (χ1n) is 7.83. The molecule has 5 heteroatoms. The Hall–Kier alpha value is -1.81. The van der Waals surface area contributed by atoms with Gasteiger partial charge in [-0.3, -0.25) is 0 Å². The molecule has 0 spiro atoms. The molecule has 23 heavy (non-hydrogen) atoms. The van der Waals surface area contributed by atoms with Crippen molar-refractivity contribution in [2.24, 2.45) is 5.41 Å². The van der Waals surface area contributed by atoms with Crippen LogP contribution in [0.3, 0.4) is 0 Å². The smallest absolute Gasteiger partial charge is 0.115 e. The number of hydrogen-bond acceptors (Lipinski definition) is 3. The molecule has 0 saturated heterocycles. The highest BCUT2D eigenvalue weighted by Crippen LogP contribution is 2.29. The molecule has 2 rings (SSSR count). The Kier molecular flexibility index (Phi) is 5.15. The van der Waals surface area contributed by atoms with Gasteiger partial charge in [0, 0.05) is 11.4 Å². The second-order valence-electron chi connectivity index (χ2n) is 6.72. The van der Waals surface area contributed by atoms with Gasteiger partial charge in [-0.05, 0) is 42.5 Å². The van der Waals surface area contributed by atoms with E-state index in [1.165, 1.54) is 0 Å². The number of fused-ring (bicyclic) bond motifs is 1. The van der Waals surface area contributed by atoms with Crippen molar-refractivity contribution in [1.29, 1.82) is 0 Å². The van der Waals surface area contributed by atoms with Gasteiger partial charge in [-0.15, -0.1) is 10.2 Å². The van der Waals surface area contributed by atoms with Crippen molar-refractivity contribution in [3.63, 3.8) is 0 Å². The molecule has 1 N–H and O–H groups in total. The molecule has 0 aliphatic rings. The minimum Gasteiger partial charge on any atom is -0.512 e. The van der Waals surface area contributed by atoms with E-state index in [-0.39, 0.29) is 5.41 Å². The molecule has 4 nitrogen and oxygen atoms in total. The van der Waals surface area contributed by atoms with Gasteiger partial charge in [-0.25, -0.2) is 0 Å². The summed E-state index contributed by atoms with van der Waals surface area (Å²) in [5.74, 6) is 0.372. The summed E-state index contributed by atoms with van der Waals surface area (Å²) in [6, 6.07) is 5.44. The van der Waals surface area contributed by atoms with Crippen molar-refractivity contribution in [2.45, 2.75) is 47.5 Å². The van der Waals surface area contributed by atoms with Gasteiger partial charge in [0.1, 0.15) is 11.0 Å². The minimum atomic E-state index is -0.0722. The molecule has 0 saturated carbocycles. The van der Waals surface area contributed by atoms with Crippen LogP contribution < -0.4 is 0 Å². The average Bonchev–Trinajstić information content (AvgIpc) is 2.87. The molecule has 0 unspecified atom stereocenters. The van der Waals surface area contributed by atoms with E-state index < -0.39 is 0 Å². The van der Waals surface area contributed by atoms with E-state index in [0.717, 1.165) is 28.7 Å². The van der Waals surface area contributed by atoms with Crippen molar-refractivity contribution in [2.75, 3.05) is 0 Å². The Morgan fingerprint density at radius 2 is 1.91 bits per heavy atom. The van der Waals surface area contributed by atoms with Crippen molar-refractivity contribution in [3.8, 4) is 0 Å². The third kappa shape index (κ3) is 4.14. The molecule has 0 aliphatic heterocycles. The van der Waals surface area contributed by atoms with Crippen LogP contribution in [0.1, 0.15) is 47.5 Å². The molecular weight excluding hydrogens is 310 g/mol. The summed E-state index contributed by atoms with van der Waals surface area (Å²) in [4.78, 5) is 1.59. The Labute approximate surface area is 142 Å². The van der Waals surface area contributed by atoms with Gasteiger partial charge in [0.25, 0.3) is 0 Å². The summed E-state index contributed by atoms with van der Waals surface area (Å²) >= 11 is 6.01. The van der Waals surface area contributed by atoms with Crippen LogP contribution in [-0.4, -0.2) is 20.1 Å². The Balaban J connectivity index is 2.40. The lowest BCUT2D eigenvalue weighted by molar-refractivity contribution is 0.364. The minimum absolute atomic E-state index is 0.0722. The summed E-state index contributed by atoms with van der Waals surface area (Å²) < 4.78 is 0. The van der Waals surface area contributed by atoms with Crippen LogP contribution in [0.25, 0.3) is 16.7 Å². The fourth-order valence-corrected chi connectivity index (χ4v) is 2.38. The SMILES string of the molecule is CC/C=C(\C/C(O)=C(\C)C(C)(C)C)n1nc2ccc(Cl)cc2n1. The summed E-state index contributed by atoms with van der Waals surface area (Å²) in [6.45, 7) is 10.3. The third-order valence-corrected chi connectivity index (χ3v) is 4.18. The van der Waals surface area contributed by atoms with Gasteiger partial charge < -0.3 is 5.11 Å². The lowest BCUT2D eigenvalue weighted by Gasteiger charge is -2.21. The summed E-state index contributed by atoms with van der Waals surface area (Å²) in [5, 5.41) is 20.1. The zero-order chi connectivity index (χ0) is 17.2. The number of nitrogens with zero attached hydrogens (tertiary/aromatic N) is 3. The summed E-state index contributed by atoms with van der Waals surface area (Å²) in [7, 11) is 0. The predicted molar refractivity (Wildman–Crippen MR) is 96.5 cm³/mol. The van der Waals surface area contributed by atoms with E-state index in [1.54, 1.807) is 16.9 Å². The number of allylic oxidation sites excluding steroid dienone is 3. The first-order valence-corrected chi connectivity index (χ1v) is 8.21. The van der Waals surface area contributed by atoms with Crippen LogP contribution in [-0.2, 0) is 0 Å². The molecule has 0 amide bonds. The van der Waals surface area contributed by atoms with E-state index >= 15 is 0 Å². The molecule has 1 aromatic heterocycles. The molecule has 2 aromatic rings. The maximum Gasteiger partial charge on any atom is 0.115 e. The van der Waals surface area contributed by atoms with Gasteiger partial charge in [0.05, 0.1) is 11.5 Å². The van der Waals surface area contributed by atoms with Gasteiger partial charge in [0.2, 0.25) is 0 Å². The van der Waals surface area contributed by atoms with Crippen LogP contribution in [0.4, 0.5) is 0 Å². The maximum atomic E-state index is 10.5. The molecule has 1 heterocycles. The molecule has 0 atom stereocenters. The highest BCUT2D eigenvalue weighted by molar-refractivity contribution is 6.31. The van der Waals surface area contributed by atoms with Crippen LogP contribution in [0.15, 0.2) is 35.6 Å². The summed E-state index contributed by atoms with van der Waals surface area (Å²) in [5.41, 5.74) is 3.29. The fraction of sp³-hybridized carbons (Fsp3) is 0.444. The standard InChI is InChI=1S/C18H24ClN3O/c1-6-7-14(11-17(23)12(2)18(3,4)5)22-20-15-9-8-13(19)10-16(15)21-22/h7-10,23H,6,11H2,1-5H3/b14-7+,17-12-. The van der Waals surface area contributed by atoms with Crippen molar-refractivity contribution in [1.82, 2.24) is 15.0 Å². The quantitative estimate of drug-likeness (QED) is 0.740. The van der Waals surface area contributed by atoms with Gasteiger partial charge >= 0.3 is 0 Å². The molecule has 124 valence electrons. The topological polar surface area (TPSA) is 50.9 Å². The van der Waals surface area contributed by atoms with Crippen molar-refractivity contribution < 1.29 is 5.11 Å². The van der Waals surface area contributed by atoms with Crippen molar-refractivity contribution >= 4 is 28.3 Å². The number of benzene rings is 1. The van der Waals surface area contributed by atoms with E-state index in [2.05, 4.69) is 37.9 Å². The van der Waals surface area contributed by atoms with E-state index in [4.69, 9.17) is 11.6 Å². The van der Waals surface area contributed by atoms with E-state index in [9.17, 15) is 5.11 Å². The van der Waals surface area contributed by atoms with Crippen LogP contribution in [0, 0.1) is 5.41 Å². The Morgan fingerprint density at radius 1 is 1.26 bits per heavy atom. The largest absolute Gasteiger partial charge is 0.512 e. The zero-order valence-corrected chi connectivity index (χ0v) is 15.1.